The molecular weight excluding hydrogens is 322 g/mol. The van der Waals surface area contributed by atoms with E-state index in [9.17, 15) is 4.79 Å². The first-order valence-electron chi connectivity index (χ1n) is 10.4. The third-order valence-corrected chi connectivity index (χ3v) is 6.84. The Kier molecular flexibility index (Phi) is 4.96. The lowest BCUT2D eigenvalue weighted by Gasteiger charge is -2.34. The average Bonchev–Trinajstić information content (AvgIpc) is 3.13. The van der Waals surface area contributed by atoms with E-state index in [1.165, 1.54) is 50.8 Å². The number of nitrogens with one attached hydrogen (secondary N) is 1. The Morgan fingerprint density at radius 3 is 2.42 bits per heavy atom. The predicted octanol–water partition coefficient (Wildman–Crippen LogP) is 3.98. The van der Waals surface area contributed by atoms with Crippen molar-refractivity contribution in [2.24, 2.45) is 17.3 Å². The molecule has 1 amide bonds. The highest BCUT2D eigenvalue weighted by Gasteiger charge is 2.58. The second kappa shape index (κ2) is 7.22. The molecule has 3 aliphatic rings. The summed E-state index contributed by atoms with van der Waals surface area (Å²) in [6, 6.07) is 8.48. The summed E-state index contributed by atoms with van der Waals surface area (Å²) in [6.45, 7) is 3.46. The van der Waals surface area contributed by atoms with Crippen molar-refractivity contribution in [3.8, 4) is 0 Å². The molecule has 26 heavy (non-hydrogen) atoms. The van der Waals surface area contributed by atoms with Gasteiger partial charge in [-0.05, 0) is 81.8 Å². The minimum Gasteiger partial charge on any atom is -0.372 e. The first kappa shape index (κ1) is 17.8. The Morgan fingerprint density at radius 1 is 1.15 bits per heavy atom. The van der Waals surface area contributed by atoms with Crippen molar-refractivity contribution in [3.63, 3.8) is 0 Å². The van der Waals surface area contributed by atoms with Gasteiger partial charge in [0.15, 0.2) is 0 Å². The Hall–Kier alpha value is -1.55. The molecule has 1 heterocycles. The van der Waals surface area contributed by atoms with Gasteiger partial charge in [-0.3, -0.25) is 4.79 Å². The number of rotatable bonds is 5. The number of carbonyl (C=O) groups excluding carboxylic acids is 1. The molecule has 1 N–H and O–H groups in total. The molecule has 2 aliphatic carbocycles. The van der Waals surface area contributed by atoms with Gasteiger partial charge >= 0.3 is 0 Å². The van der Waals surface area contributed by atoms with Crippen LogP contribution >= 0.6 is 0 Å². The van der Waals surface area contributed by atoms with Crippen molar-refractivity contribution in [2.75, 3.05) is 43.9 Å². The molecule has 1 aromatic rings. The summed E-state index contributed by atoms with van der Waals surface area (Å²) in [5.74, 6) is 1.32. The van der Waals surface area contributed by atoms with Crippen molar-refractivity contribution in [1.82, 2.24) is 4.90 Å². The molecule has 4 heteroatoms. The van der Waals surface area contributed by atoms with E-state index in [0.717, 1.165) is 31.1 Å². The standard InChI is InChI=1S/C22H33N3O/c1-24(2)16-17-9-13-25(14-10-17)19-7-5-18(6-8-19)23-21(26)20-15-22(20)11-3-4-12-22/h5-8,17,20H,3-4,9-16H2,1-2H3,(H,23,26). The van der Waals surface area contributed by atoms with E-state index in [4.69, 9.17) is 0 Å². The van der Waals surface area contributed by atoms with Crippen molar-refractivity contribution < 1.29 is 4.79 Å². The fourth-order valence-corrected chi connectivity index (χ4v) is 5.23. The number of hydrogen-bond donors (Lipinski definition) is 1. The summed E-state index contributed by atoms with van der Waals surface area (Å²) in [5.41, 5.74) is 2.60. The molecule has 3 fully saturated rings. The number of nitrogens with zero attached hydrogens (tertiary/aromatic N) is 2. The van der Waals surface area contributed by atoms with Gasteiger partial charge in [-0.15, -0.1) is 0 Å². The maximum atomic E-state index is 12.5. The molecule has 2 saturated carbocycles. The molecule has 4 nitrogen and oxygen atoms in total. The number of anilines is 2. The molecule has 1 spiro atoms. The van der Waals surface area contributed by atoms with Gasteiger partial charge in [0.1, 0.15) is 0 Å². The number of piperidine rings is 1. The fraction of sp³-hybridized carbons (Fsp3) is 0.682. The number of amides is 1. The van der Waals surface area contributed by atoms with Crippen LogP contribution in [0.2, 0.25) is 0 Å². The van der Waals surface area contributed by atoms with Crippen molar-refractivity contribution in [2.45, 2.75) is 44.9 Å². The van der Waals surface area contributed by atoms with E-state index in [2.05, 4.69) is 53.5 Å². The Balaban J connectivity index is 1.28. The Morgan fingerprint density at radius 2 is 1.81 bits per heavy atom. The summed E-state index contributed by atoms with van der Waals surface area (Å²) in [4.78, 5) is 17.3. The zero-order valence-corrected chi connectivity index (χ0v) is 16.3. The second-order valence-electron chi connectivity index (χ2n) is 9.05. The molecule has 1 saturated heterocycles. The molecule has 142 valence electrons. The summed E-state index contributed by atoms with van der Waals surface area (Å²) in [6.07, 6.45) is 8.77. The normalized spacial score (nSPS) is 25.0. The predicted molar refractivity (Wildman–Crippen MR) is 108 cm³/mol. The van der Waals surface area contributed by atoms with Crippen LogP contribution in [0.15, 0.2) is 24.3 Å². The quantitative estimate of drug-likeness (QED) is 0.868. The summed E-state index contributed by atoms with van der Waals surface area (Å²) in [7, 11) is 4.32. The number of hydrogen-bond acceptors (Lipinski definition) is 3. The highest BCUT2D eigenvalue weighted by atomic mass is 16.2. The minimum absolute atomic E-state index is 0.240. The largest absolute Gasteiger partial charge is 0.372 e. The van der Waals surface area contributed by atoms with E-state index >= 15 is 0 Å². The summed E-state index contributed by atoms with van der Waals surface area (Å²) in [5, 5.41) is 3.15. The van der Waals surface area contributed by atoms with Crippen LogP contribution in [0.25, 0.3) is 0 Å². The Bertz CT molecular complexity index is 625. The monoisotopic (exact) mass is 355 g/mol. The van der Waals surface area contributed by atoms with Gasteiger partial charge < -0.3 is 15.1 Å². The van der Waals surface area contributed by atoms with E-state index in [1.54, 1.807) is 0 Å². The molecule has 1 aromatic carbocycles. The van der Waals surface area contributed by atoms with Crippen LogP contribution in [0.5, 0.6) is 0 Å². The van der Waals surface area contributed by atoms with Crippen LogP contribution in [0.4, 0.5) is 11.4 Å². The lowest BCUT2D eigenvalue weighted by molar-refractivity contribution is -0.118. The van der Waals surface area contributed by atoms with Crippen molar-refractivity contribution in [1.29, 1.82) is 0 Å². The van der Waals surface area contributed by atoms with Gasteiger partial charge in [-0.1, -0.05) is 12.8 Å². The average molecular weight is 356 g/mol. The van der Waals surface area contributed by atoms with E-state index in [0.29, 0.717) is 5.41 Å². The van der Waals surface area contributed by atoms with Crippen LogP contribution < -0.4 is 10.2 Å². The van der Waals surface area contributed by atoms with Gasteiger partial charge in [0.25, 0.3) is 0 Å². The second-order valence-corrected chi connectivity index (χ2v) is 9.05. The molecular formula is C22H33N3O. The van der Waals surface area contributed by atoms with E-state index < -0.39 is 0 Å². The number of carbonyl (C=O) groups is 1. The summed E-state index contributed by atoms with van der Waals surface area (Å²) >= 11 is 0. The topological polar surface area (TPSA) is 35.6 Å². The lowest BCUT2D eigenvalue weighted by atomic mass is 9.96. The molecule has 1 atom stereocenters. The van der Waals surface area contributed by atoms with Gasteiger partial charge in [0.2, 0.25) is 5.91 Å². The SMILES string of the molecule is CN(C)CC1CCN(c2ccc(NC(=O)C3CC34CCCC4)cc2)CC1. The minimum atomic E-state index is 0.240. The van der Waals surface area contributed by atoms with Crippen molar-refractivity contribution in [3.05, 3.63) is 24.3 Å². The molecule has 4 rings (SSSR count). The first-order valence-corrected chi connectivity index (χ1v) is 10.4. The maximum Gasteiger partial charge on any atom is 0.228 e. The molecule has 1 unspecified atom stereocenters. The van der Waals surface area contributed by atoms with Gasteiger partial charge in [0, 0.05) is 36.9 Å². The fourth-order valence-electron chi connectivity index (χ4n) is 5.23. The maximum absolute atomic E-state index is 12.5. The number of benzene rings is 1. The van der Waals surface area contributed by atoms with Gasteiger partial charge in [-0.25, -0.2) is 0 Å². The Labute approximate surface area is 157 Å². The molecule has 0 bridgehead atoms. The lowest BCUT2D eigenvalue weighted by Crippen LogP contribution is -2.37. The smallest absolute Gasteiger partial charge is 0.228 e. The third kappa shape index (κ3) is 3.75. The van der Waals surface area contributed by atoms with Crippen molar-refractivity contribution >= 4 is 17.3 Å². The van der Waals surface area contributed by atoms with Crippen LogP contribution in [0, 0.1) is 17.3 Å². The van der Waals surface area contributed by atoms with Gasteiger partial charge in [-0.2, -0.15) is 0 Å². The summed E-state index contributed by atoms with van der Waals surface area (Å²) < 4.78 is 0. The zero-order chi connectivity index (χ0) is 18.1. The highest BCUT2D eigenvalue weighted by molar-refractivity contribution is 5.95. The van der Waals surface area contributed by atoms with E-state index in [-0.39, 0.29) is 11.8 Å². The third-order valence-electron chi connectivity index (χ3n) is 6.84. The van der Waals surface area contributed by atoms with Crippen LogP contribution in [0.1, 0.15) is 44.9 Å². The van der Waals surface area contributed by atoms with Gasteiger partial charge in [0.05, 0.1) is 0 Å². The van der Waals surface area contributed by atoms with E-state index in [1.807, 2.05) is 0 Å². The molecule has 0 radical (unpaired) electrons. The van der Waals surface area contributed by atoms with Crippen LogP contribution in [-0.2, 0) is 4.79 Å². The first-order chi connectivity index (χ1) is 12.6. The van der Waals surface area contributed by atoms with Crippen LogP contribution in [-0.4, -0.2) is 44.5 Å². The molecule has 1 aliphatic heterocycles. The zero-order valence-electron chi connectivity index (χ0n) is 16.3. The van der Waals surface area contributed by atoms with Crippen LogP contribution in [0.3, 0.4) is 0 Å². The molecule has 0 aromatic heterocycles. The highest BCUT2D eigenvalue weighted by Crippen LogP contribution is 2.63.